The van der Waals surface area contributed by atoms with Crippen molar-refractivity contribution in [2.24, 2.45) is 5.10 Å². The number of nitrogens with zero attached hydrogens (tertiary/aromatic N) is 4. The number of urea groups is 1. The van der Waals surface area contributed by atoms with Gasteiger partial charge in [-0.1, -0.05) is 29.5 Å². The SMILES string of the molecule is CCN1C(=O)N(CC)C2C1NN=c1s/c(=C\c3cc4ccccc4[nH]3)c(=O)n12. The average molecular weight is 396 g/mol. The van der Waals surface area contributed by atoms with Crippen molar-refractivity contribution in [1.29, 1.82) is 0 Å². The number of H-pyrrole nitrogens is 1. The molecule has 9 heteroatoms. The Morgan fingerprint density at radius 3 is 2.71 bits per heavy atom. The number of fused-ring (bicyclic) bond motifs is 4. The second-order valence-electron chi connectivity index (χ2n) is 6.83. The highest BCUT2D eigenvalue weighted by Crippen LogP contribution is 2.28. The van der Waals surface area contributed by atoms with Gasteiger partial charge in [-0.05, 0) is 37.4 Å². The second-order valence-corrected chi connectivity index (χ2v) is 7.84. The summed E-state index contributed by atoms with van der Waals surface area (Å²) in [6, 6.07) is 9.94. The van der Waals surface area contributed by atoms with Crippen LogP contribution in [0.25, 0.3) is 17.0 Å². The predicted octanol–water partition coefficient (Wildman–Crippen LogP) is 0.960. The molecule has 0 aliphatic carbocycles. The Balaban J connectivity index is 1.65. The van der Waals surface area contributed by atoms with Crippen LogP contribution in [0.1, 0.15) is 25.7 Å². The number of aromatic nitrogens is 2. The third-order valence-corrected chi connectivity index (χ3v) is 6.32. The summed E-state index contributed by atoms with van der Waals surface area (Å²) in [5, 5.41) is 5.48. The van der Waals surface area contributed by atoms with Gasteiger partial charge in [-0.3, -0.25) is 24.6 Å². The van der Waals surface area contributed by atoms with E-state index in [1.807, 2.05) is 50.3 Å². The van der Waals surface area contributed by atoms with Gasteiger partial charge in [-0.25, -0.2) is 4.79 Å². The molecular weight excluding hydrogens is 376 g/mol. The van der Waals surface area contributed by atoms with Crippen LogP contribution >= 0.6 is 11.3 Å². The number of para-hydroxylation sites is 1. The Morgan fingerprint density at radius 1 is 1.18 bits per heavy atom. The largest absolute Gasteiger partial charge is 0.355 e. The number of rotatable bonds is 3. The van der Waals surface area contributed by atoms with Crippen molar-refractivity contribution >= 4 is 34.3 Å². The first kappa shape index (κ1) is 17.1. The molecule has 2 N–H and O–H groups in total. The van der Waals surface area contributed by atoms with Crippen LogP contribution in [-0.2, 0) is 0 Å². The summed E-state index contributed by atoms with van der Waals surface area (Å²) >= 11 is 1.33. The molecule has 2 unspecified atom stereocenters. The van der Waals surface area contributed by atoms with Crippen LogP contribution in [0.3, 0.4) is 0 Å². The van der Waals surface area contributed by atoms with E-state index in [0.717, 1.165) is 16.6 Å². The van der Waals surface area contributed by atoms with E-state index < -0.39 is 6.17 Å². The Kier molecular flexibility index (Phi) is 3.80. The first-order chi connectivity index (χ1) is 13.6. The van der Waals surface area contributed by atoms with E-state index in [0.29, 0.717) is 22.4 Å². The minimum Gasteiger partial charge on any atom is -0.355 e. The molecule has 4 heterocycles. The van der Waals surface area contributed by atoms with Crippen LogP contribution in [0.2, 0.25) is 0 Å². The summed E-state index contributed by atoms with van der Waals surface area (Å²) < 4.78 is 2.24. The van der Waals surface area contributed by atoms with Crippen LogP contribution < -0.4 is 20.3 Å². The highest BCUT2D eigenvalue weighted by atomic mass is 32.1. The zero-order valence-corrected chi connectivity index (χ0v) is 16.4. The number of aromatic amines is 1. The number of carbonyl (C=O) groups is 1. The maximum Gasteiger partial charge on any atom is 0.323 e. The molecule has 2 aromatic heterocycles. The first-order valence-electron chi connectivity index (χ1n) is 9.33. The van der Waals surface area contributed by atoms with Crippen molar-refractivity contribution in [3.05, 3.63) is 55.7 Å². The van der Waals surface area contributed by atoms with Gasteiger partial charge in [0.05, 0.1) is 4.53 Å². The van der Waals surface area contributed by atoms with Gasteiger partial charge in [0.2, 0.25) is 4.80 Å². The van der Waals surface area contributed by atoms with Gasteiger partial charge in [0.25, 0.3) is 5.56 Å². The summed E-state index contributed by atoms with van der Waals surface area (Å²) in [6.45, 7) is 4.94. The number of benzene rings is 1. The maximum atomic E-state index is 13.2. The minimum atomic E-state index is -0.390. The number of likely N-dealkylation sites (N-methyl/N-ethyl adjacent to an activating group) is 2. The predicted molar refractivity (Wildman–Crippen MR) is 107 cm³/mol. The fourth-order valence-corrected chi connectivity index (χ4v) is 4.99. The van der Waals surface area contributed by atoms with Crippen LogP contribution in [0, 0.1) is 0 Å². The lowest BCUT2D eigenvalue weighted by atomic mass is 10.2. The fourth-order valence-electron chi connectivity index (χ4n) is 4.03. The van der Waals surface area contributed by atoms with Gasteiger partial charge in [0, 0.05) is 24.3 Å². The van der Waals surface area contributed by atoms with Gasteiger partial charge in [-0.15, -0.1) is 5.10 Å². The summed E-state index contributed by atoms with van der Waals surface area (Å²) in [5.74, 6) is 0. The lowest BCUT2D eigenvalue weighted by molar-refractivity contribution is 0.151. The molecule has 2 atom stereocenters. The van der Waals surface area contributed by atoms with E-state index >= 15 is 0 Å². The van der Waals surface area contributed by atoms with Crippen molar-refractivity contribution in [3.8, 4) is 0 Å². The van der Waals surface area contributed by atoms with E-state index in [1.54, 1.807) is 14.4 Å². The highest BCUT2D eigenvalue weighted by molar-refractivity contribution is 7.07. The lowest BCUT2D eigenvalue weighted by Crippen LogP contribution is -2.53. The van der Waals surface area contributed by atoms with E-state index in [-0.39, 0.29) is 17.8 Å². The number of carbonyl (C=O) groups excluding carboxylic acids is 1. The van der Waals surface area contributed by atoms with Gasteiger partial charge in [-0.2, -0.15) is 0 Å². The van der Waals surface area contributed by atoms with Crippen LogP contribution in [0.5, 0.6) is 0 Å². The molecular formula is C19H20N6O2S. The van der Waals surface area contributed by atoms with E-state index in [9.17, 15) is 9.59 Å². The molecule has 2 aliphatic heterocycles. The van der Waals surface area contributed by atoms with Crippen LogP contribution in [0.4, 0.5) is 4.79 Å². The molecule has 0 bridgehead atoms. The molecule has 8 nitrogen and oxygen atoms in total. The van der Waals surface area contributed by atoms with Crippen molar-refractivity contribution in [3.63, 3.8) is 0 Å². The molecule has 0 saturated carbocycles. The molecule has 3 aromatic rings. The van der Waals surface area contributed by atoms with E-state index in [1.165, 1.54) is 11.3 Å². The van der Waals surface area contributed by atoms with Crippen LogP contribution in [-0.4, -0.2) is 44.6 Å². The summed E-state index contributed by atoms with van der Waals surface area (Å²) in [6.07, 6.45) is 1.13. The standard InChI is InChI=1S/C19H20N6O2S/c1-3-23-15-16(24(4-2)19(23)27)25-17(26)14(28-18(25)22-21-15)10-12-9-11-7-5-6-8-13(11)20-12/h5-10,15-16,20-21H,3-4H2,1-2H3/b14-10-. The molecule has 28 heavy (non-hydrogen) atoms. The molecule has 0 spiro atoms. The molecule has 2 amide bonds. The van der Waals surface area contributed by atoms with E-state index in [2.05, 4.69) is 15.5 Å². The maximum absolute atomic E-state index is 13.2. The number of nitrogens with one attached hydrogen (secondary N) is 2. The topological polar surface area (TPSA) is 85.7 Å². The quantitative estimate of drug-likeness (QED) is 0.692. The number of amides is 2. The normalized spacial score (nSPS) is 21.6. The zero-order valence-electron chi connectivity index (χ0n) is 15.5. The van der Waals surface area contributed by atoms with Gasteiger partial charge in [0.15, 0.2) is 12.3 Å². The van der Waals surface area contributed by atoms with Crippen molar-refractivity contribution in [1.82, 2.24) is 24.8 Å². The minimum absolute atomic E-state index is 0.0743. The third-order valence-electron chi connectivity index (χ3n) is 5.34. The second kappa shape index (κ2) is 6.23. The third kappa shape index (κ3) is 2.32. The Labute approximate surface area is 164 Å². The molecule has 5 rings (SSSR count). The number of thiazole rings is 1. The molecule has 1 aromatic carbocycles. The molecule has 0 radical (unpaired) electrons. The Bertz CT molecular complexity index is 1220. The summed E-state index contributed by atoms with van der Waals surface area (Å²) in [5.41, 5.74) is 4.85. The molecule has 144 valence electrons. The van der Waals surface area contributed by atoms with Crippen molar-refractivity contribution in [2.45, 2.75) is 26.2 Å². The van der Waals surface area contributed by atoms with Gasteiger partial charge < -0.3 is 4.98 Å². The molecule has 1 saturated heterocycles. The number of hydrogen-bond donors (Lipinski definition) is 2. The summed E-state index contributed by atoms with van der Waals surface area (Å²) in [4.78, 5) is 33.3. The smallest absolute Gasteiger partial charge is 0.323 e. The van der Waals surface area contributed by atoms with E-state index in [4.69, 9.17) is 0 Å². The average Bonchev–Trinajstić information content (AvgIpc) is 3.33. The van der Waals surface area contributed by atoms with Crippen molar-refractivity contribution in [2.75, 3.05) is 13.1 Å². The lowest BCUT2D eigenvalue weighted by Gasteiger charge is -2.29. The summed E-state index contributed by atoms with van der Waals surface area (Å²) in [7, 11) is 0. The highest BCUT2D eigenvalue weighted by Gasteiger charge is 2.48. The van der Waals surface area contributed by atoms with Gasteiger partial charge in [0.1, 0.15) is 0 Å². The van der Waals surface area contributed by atoms with Gasteiger partial charge >= 0.3 is 6.03 Å². The fraction of sp³-hybridized carbons (Fsp3) is 0.316. The zero-order chi connectivity index (χ0) is 19.4. The monoisotopic (exact) mass is 396 g/mol. The number of hydrogen-bond acceptors (Lipinski definition) is 5. The first-order valence-corrected chi connectivity index (χ1v) is 10.1. The van der Waals surface area contributed by atoms with Crippen LogP contribution in [0.15, 0.2) is 40.2 Å². The molecule has 1 fully saturated rings. The van der Waals surface area contributed by atoms with Crippen molar-refractivity contribution < 1.29 is 4.79 Å². The molecule has 2 aliphatic rings. The Morgan fingerprint density at radius 2 is 1.96 bits per heavy atom. The Hall–Kier alpha value is -3.07.